The number of hydrogen-bond donors (Lipinski definition) is 1. The first-order valence-corrected chi connectivity index (χ1v) is 5.81. The number of aromatic nitrogens is 4. The van der Waals surface area contributed by atoms with E-state index in [4.69, 9.17) is 5.73 Å². The molecule has 2 N–H and O–H groups in total. The van der Waals surface area contributed by atoms with Crippen LogP contribution in [0.2, 0.25) is 0 Å². The molecule has 5 nitrogen and oxygen atoms in total. The Balaban J connectivity index is 2.35. The van der Waals surface area contributed by atoms with Crippen LogP contribution < -0.4 is 5.73 Å². The molecule has 0 bridgehead atoms. The van der Waals surface area contributed by atoms with Crippen LogP contribution >= 0.6 is 0 Å². The van der Waals surface area contributed by atoms with Crippen molar-refractivity contribution in [2.45, 2.75) is 13.8 Å². The molecule has 0 atom stereocenters. The highest BCUT2D eigenvalue weighted by molar-refractivity contribution is 5.81. The second kappa shape index (κ2) is 3.60. The van der Waals surface area contributed by atoms with Gasteiger partial charge in [0.05, 0.1) is 22.4 Å². The molecule has 0 radical (unpaired) electrons. The van der Waals surface area contributed by atoms with Crippen LogP contribution in [0.25, 0.3) is 16.7 Å². The van der Waals surface area contributed by atoms with Crippen LogP contribution in [0.5, 0.6) is 0 Å². The van der Waals surface area contributed by atoms with Crippen LogP contribution in [0.1, 0.15) is 11.3 Å². The lowest BCUT2D eigenvalue weighted by Gasteiger charge is -2.04. The van der Waals surface area contributed by atoms with Crippen molar-refractivity contribution in [2.24, 2.45) is 7.05 Å². The van der Waals surface area contributed by atoms with Crippen molar-refractivity contribution in [3.05, 3.63) is 35.7 Å². The summed E-state index contributed by atoms with van der Waals surface area (Å²) in [7, 11) is 1.90. The van der Waals surface area contributed by atoms with E-state index in [1.807, 2.05) is 43.8 Å². The minimum Gasteiger partial charge on any atom is -0.369 e. The van der Waals surface area contributed by atoms with Gasteiger partial charge in [0.15, 0.2) is 0 Å². The maximum atomic E-state index is 6.03. The van der Waals surface area contributed by atoms with Crippen LogP contribution in [0.4, 0.5) is 5.95 Å². The van der Waals surface area contributed by atoms with Crippen LogP contribution in [0.15, 0.2) is 24.4 Å². The Morgan fingerprint density at radius 1 is 1.22 bits per heavy atom. The molecule has 1 aromatic carbocycles. The average Bonchev–Trinajstić information content (AvgIpc) is 2.77. The summed E-state index contributed by atoms with van der Waals surface area (Å²) in [6, 6.07) is 6.14. The molecular weight excluding hydrogens is 226 g/mol. The molecule has 0 spiro atoms. The number of hydrogen-bond acceptors (Lipinski definition) is 3. The van der Waals surface area contributed by atoms with Crippen molar-refractivity contribution in [1.29, 1.82) is 0 Å². The van der Waals surface area contributed by atoms with E-state index >= 15 is 0 Å². The van der Waals surface area contributed by atoms with E-state index in [0.717, 1.165) is 22.4 Å². The fraction of sp³-hybridized carbons (Fsp3) is 0.231. The highest BCUT2D eigenvalue weighted by Crippen LogP contribution is 2.25. The molecule has 3 rings (SSSR count). The van der Waals surface area contributed by atoms with Crippen LogP contribution in [0, 0.1) is 13.8 Å². The number of nitrogens with two attached hydrogens (primary N) is 1. The van der Waals surface area contributed by atoms with Gasteiger partial charge < -0.3 is 5.73 Å². The third-order valence-corrected chi connectivity index (χ3v) is 3.06. The summed E-state index contributed by atoms with van der Waals surface area (Å²) in [4.78, 5) is 4.40. The Kier molecular flexibility index (Phi) is 2.16. The minimum absolute atomic E-state index is 0.492. The molecule has 92 valence electrons. The fourth-order valence-electron chi connectivity index (χ4n) is 2.27. The van der Waals surface area contributed by atoms with Gasteiger partial charge in [-0.2, -0.15) is 5.10 Å². The summed E-state index contributed by atoms with van der Waals surface area (Å²) in [6.07, 6.45) is 1.95. The number of aryl methyl sites for hydroxylation is 3. The first kappa shape index (κ1) is 10.8. The predicted molar refractivity (Wildman–Crippen MR) is 71.7 cm³/mol. The minimum atomic E-state index is 0.492. The maximum Gasteiger partial charge on any atom is 0.206 e. The van der Waals surface area contributed by atoms with Crippen molar-refractivity contribution >= 4 is 17.0 Å². The maximum absolute atomic E-state index is 6.03. The van der Waals surface area contributed by atoms with Gasteiger partial charge >= 0.3 is 0 Å². The number of benzene rings is 1. The summed E-state index contributed by atoms with van der Waals surface area (Å²) < 4.78 is 3.72. The average molecular weight is 241 g/mol. The summed E-state index contributed by atoms with van der Waals surface area (Å²) in [5.41, 5.74) is 11.0. The lowest BCUT2D eigenvalue weighted by Crippen LogP contribution is -2.00. The number of fused-ring (bicyclic) bond motifs is 1. The molecule has 0 aliphatic carbocycles. The third kappa shape index (κ3) is 1.48. The lowest BCUT2D eigenvalue weighted by atomic mass is 10.2. The number of imidazole rings is 1. The second-order valence-electron chi connectivity index (χ2n) is 4.57. The molecule has 5 heteroatoms. The van der Waals surface area contributed by atoms with Gasteiger partial charge in [-0.3, -0.25) is 9.25 Å². The monoisotopic (exact) mass is 241 g/mol. The molecule has 0 saturated heterocycles. The van der Waals surface area contributed by atoms with Crippen molar-refractivity contribution in [2.75, 3.05) is 5.73 Å². The van der Waals surface area contributed by atoms with Gasteiger partial charge in [0.1, 0.15) is 0 Å². The number of nitrogens with zero attached hydrogens (tertiary/aromatic N) is 4. The van der Waals surface area contributed by atoms with E-state index in [9.17, 15) is 0 Å². The molecule has 3 aromatic rings. The largest absolute Gasteiger partial charge is 0.369 e. The molecular formula is C13H15N5. The van der Waals surface area contributed by atoms with E-state index in [0.29, 0.717) is 5.95 Å². The normalized spacial score (nSPS) is 11.3. The summed E-state index contributed by atoms with van der Waals surface area (Å²) in [5, 5.41) is 4.35. The Morgan fingerprint density at radius 3 is 2.67 bits per heavy atom. The second-order valence-corrected chi connectivity index (χ2v) is 4.57. The van der Waals surface area contributed by atoms with Gasteiger partial charge in [-0.25, -0.2) is 4.98 Å². The van der Waals surface area contributed by atoms with Crippen molar-refractivity contribution in [3.8, 4) is 5.69 Å². The van der Waals surface area contributed by atoms with Gasteiger partial charge in [-0.1, -0.05) is 6.07 Å². The zero-order valence-corrected chi connectivity index (χ0v) is 10.7. The van der Waals surface area contributed by atoms with Crippen molar-refractivity contribution in [3.63, 3.8) is 0 Å². The first-order valence-electron chi connectivity index (χ1n) is 5.81. The van der Waals surface area contributed by atoms with Gasteiger partial charge in [-0.15, -0.1) is 0 Å². The van der Waals surface area contributed by atoms with Crippen molar-refractivity contribution in [1.82, 2.24) is 19.3 Å². The smallest absolute Gasteiger partial charge is 0.206 e. The molecule has 18 heavy (non-hydrogen) atoms. The zero-order valence-electron chi connectivity index (χ0n) is 10.7. The lowest BCUT2D eigenvalue weighted by molar-refractivity contribution is 0.756. The van der Waals surface area contributed by atoms with Crippen LogP contribution in [0.3, 0.4) is 0 Å². The molecule has 2 heterocycles. The number of anilines is 1. The Hall–Kier alpha value is -2.30. The predicted octanol–water partition coefficient (Wildman–Crippen LogP) is 1.96. The molecule has 0 fully saturated rings. The summed E-state index contributed by atoms with van der Waals surface area (Å²) in [6.45, 7) is 4.01. The van der Waals surface area contributed by atoms with E-state index in [1.54, 1.807) is 4.68 Å². The van der Waals surface area contributed by atoms with E-state index in [-0.39, 0.29) is 0 Å². The quantitative estimate of drug-likeness (QED) is 0.708. The molecule has 0 unspecified atom stereocenters. The van der Waals surface area contributed by atoms with Crippen LogP contribution in [-0.4, -0.2) is 19.3 Å². The fourth-order valence-corrected chi connectivity index (χ4v) is 2.27. The van der Waals surface area contributed by atoms with Gasteiger partial charge in [-0.05, 0) is 31.5 Å². The van der Waals surface area contributed by atoms with E-state index < -0.39 is 0 Å². The molecule has 0 aliphatic rings. The SMILES string of the molecule is Cc1ccc2c(c1)nc(N)n2-c1cn(C)nc1C. The standard InChI is InChI=1S/C13H15N5/c1-8-4-5-11-10(6-8)15-13(14)18(11)12-7-17(3)16-9(12)2/h4-7H,1-3H3,(H2,14,15). The van der Waals surface area contributed by atoms with E-state index in [1.165, 1.54) is 5.56 Å². The van der Waals surface area contributed by atoms with Gasteiger partial charge in [0, 0.05) is 13.2 Å². The van der Waals surface area contributed by atoms with Crippen LogP contribution in [-0.2, 0) is 7.05 Å². The Labute approximate surface area is 105 Å². The Bertz CT molecular complexity index is 735. The topological polar surface area (TPSA) is 61.7 Å². The van der Waals surface area contributed by atoms with Gasteiger partial charge in [0.25, 0.3) is 0 Å². The Morgan fingerprint density at radius 2 is 2.00 bits per heavy atom. The highest BCUT2D eigenvalue weighted by atomic mass is 15.3. The van der Waals surface area contributed by atoms with E-state index in [2.05, 4.69) is 16.1 Å². The van der Waals surface area contributed by atoms with Crippen molar-refractivity contribution < 1.29 is 0 Å². The van der Waals surface area contributed by atoms with Gasteiger partial charge in [0.2, 0.25) is 5.95 Å². The highest BCUT2D eigenvalue weighted by Gasteiger charge is 2.13. The number of nitrogen functional groups attached to an aromatic ring is 1. The molecule has 0 saturated carbocycles. The third-order valence-electron chi connectivity index (χ3n) is 3.06. The molecule has 2 aromatic heterocycles. The zero-order chi connectivity index (χ0) is 12.9. The first-order chi connectivity index (χ1) is 8.56. The molecule has 0 amide bonds. The summed E-state index contributed by atoms with van der Waals surface area (Å²) >= 11 is 0. The summed E-state index contributed by atoms with van der Waals surface area (Å²) in [5.74, 6) is 0.492. The number of rotatable bonds is 1. The molecule has 0 aliphatic heterocycles.